The molecule has 1 amide bonds. The molecule has 0 atom stereocenters. The van der Waals surface area contributed by atoms with Crippen LogP contribution in [0.2, 0.25) is 0 Å². The van der Waals surface area contributed by atoms with Crippen molar-refractivity contribution in [2.45, 2.75) is 37.6 Å². The number of nitrogens with one attached hydrogen (secondary N) is 2. The van der Waals surface area contributed by atoms with Crippen molar-refractivity contribution in [3.8, 4) is 0 Å². The minimum absolute atomic E-state index is 0.0241. The van der Waals surface area contributed by atoms with Crippen LogP contribution in [-0.2, 0) is 0 Å². The molecule has 0 bridgehead atoms. The number of hydrogen-bond donors (Lipinski definition) is 2. The van der Waals surface area contributed by atoms with Crippen LogP contribution in [0.4, 0.5) is 0 Å². The molecule has 20 heavy (non-hydrogen) atoms. The van der Waals surface area contributed by atoms with E-state index in [2.05, 4.69) is 10.3 Å². The van der Waals surface area contributed by atoms with Gasteiger partial charge in [-0.2, -0.15) is 0 Å². The smallest absolute Gasteiger partial charge is 0.255 e. The van der Waals surface area contributed by atoms with Crippen molar-refractivity contribution in [1.82, 2.24) is 15.2 Å². The van der Waals surface area contributed by atoms with E-state index in [1.165, 1.54) is 31.5 Å². The zero-order valence-corrected chi connectivity index (χ0v) is 11.7. The Balaban J connectivity index is 1.87. The van der Waals surface area contributed by atoms with Gasteiger partial charge in [0.05, 0.1) is 11.1 Å². The molecule has 0 radical (unpaired) electrons. The molecule has 1 aliphatic carbocycles. The number of carbonyl (C=O) groups excluding carboxylic acids is 1. The Kier molecular flexibility index (Phi) is 3.61. The topological polar surface area (TPSA) is 65.2 Å². The van der Waals surface area contributed by atoms with Crippen molar-refractivity contribution >= 4 is 5.91 Å². The number of nitrogens with zero attached hydrogens (tertiary/aromatic N) is 1. The standard InChI is InChI=1S/C15H21N3O2/c19-13-5-4-12(10-17-13)14(20)18-9-8-16-11-15(18)6-2-1-3-7-15/h4-5,10,16H,1-3,6-9,11H2,(H,17,19). The average Bonchev–Trinajstić information content (AvgIpc) is 2.49. The van der Waals surface area contributed by atoms with E-state index < -0.39 is 0 Å². The number of H-pyrrole nitrogens is 1. The normalized spacial score (nSPS) is 21.9. The van der Waals surface area contributed by atoms with Gasteiger partial charge in [0.1, 0.15) is 0 Å². The third kappa shape index (κ3) is 2.38. The van der Waals surface area contributed by atoms with Crippen LogP contribution in [0, 0.1) is 0 Å². The molecule has 2 aliphatic rings. The quantitative estimate of drug-likeness (QED) is 0.807. The van der Waals surface area contributed by atoms with Crippen molar-refractivity contribution in [3.05, 3.63) is 34.2 Å². The lowest BCUT2D eigenvalue weighted by molar-refractivity contribution is 0.0222. The summed E-state index contributed by atoms with van der Waals surface area (Å²) in [7, 11) is 0. The van der Waals surface area contributed by atoms with Gasteiger partial charge in [0.15, 0.2) is 0 Å². The Bertz CT molecular complexity index is 518. The van der Waals surface area contributed by atoms with Gasteiger partial charge in [-0.05, 0) is 18.9 Å². The van der Waals surface area contributed by atoms with Crippen LogP contribution in [0.15, 0.2) is 23.1 Å². The van der Waals surface area contributed by atoms with Crippen LogP contribution < -0.4 is 10.9 Å². The molecule has 1 aromatic rings. The summed E-state index contributed by atoms with van der Waals surface area (Å²) >= 11 is 0. The maximum Gasteiger partial charge on any atom is 0.255 e. The maximum absolute atomic E-state index is 12.8. The predicted molar refractivity (Wildman–Crippen MR) is 76.8 cm³/mol. The lowest BCUT2D eigenvalue weighted by Gasteiger charge is -2.49. The molecule has 2 N–H and O–H groups in total. The second kappa shape index (κ2) is 5.40. The van der Waals surface area contributed by atoms with E-state index in [9.17, 15) is 9.59 Å². The van der Waals surface area contributed by atoms with Gasteiger partial charge < -0.3 is 15.2 Å². The lowest BCUT2D eigenvalue weighted by atomic mass is 9.78. The Morgan fingerprint density at radius 3 is 2.70 bits per heavy atom. The third-order valence-corrected chi connectivity index (χ3v) is 4.60. The number of aromatic nitrogens is 1. The van der Waals surface area contributed by atoms with Crippen molar-refractivity contribution in [2.75, 3.05) is 19.6 Å². The van der Waals surface area contributed by atoms with E-state index in [0.29, 0.717) is 5.56 Å². The first-order chi connectivity index (χ1) is 9.71. The zero-order chi connectivity index (χ0) is 14.0. The Labute approximate surface area is 118 Å². The highest BCUT2D eigenvalue weighted by molar-refractivity contribution is 5.94. The van der Waals surface area contributed by atoms with Gasteiger partial charge in [-0.3, -0.25) is 9.59 Å². The fourth-order valence-electron chi connectivity index (χ4n) is 3.52. The van der Waals surface area contributed by atoms with Gasteiger partial charge in [0, 0.05) is 31.9 Å². The molecular weight excluding hydrogens is 254 g/mol. The first-order valence-electron chi connectivity index (χ1n) is 7.43. The van der Waals surface area contributed by atoms with Gasteiger partial charge in [-0.1, -0.05) is 19.3 Å². The SMILES string of the molecule is O=C(c1ccc(=O)[nH]c1)N1CCNCC12CCCCC2. The maximum atomic E-state index is 12.8. The Morgan fingerprint density at radius 2 is 2.00 bits per heavy atom. The van der Waals surface area contributed by atoms with Crippen LogP contribution >= 0.6 is 0 Å². The third-order valence-electron chi connectivity index (χ3n) is 4.60. The summed E-state index contributed by atoms with van der Waals surface area (Å²) in [6.45, 7) is 2.48. The van der Waals surface area contributed by atoms with Crippen molar-refractivity contribution in [3.63, 3.8) is 0 Å². The summed E-state index contributed by atoms with van der Waals surface area (Å²) in [4.78, 5) is 28.5. The van der Waals surface area contributed by atoms with Crippen LogP contribution in [0.25, 0.3) is 0 Å². The number of hydrogen-bond acceptors (Lipinski definition) is 3. The summed E-state index contributed by atoms with van der Waals surface area (Å²) in [6, 6.07) is 3.04. The molecule has 1 aromatic heterocycles. The summed E-state index contributed by atoms with van der Waals surface area (Å²) in [5, 5.41) is 3.44. The fraction of sp³-hybridized carbons (Fsp3) is 0.600. The van der Waals surface area contributed by atoms with Gasteiger partial charge in [-0.25, -0.2) is 0 Å². The number of aromatic amines is 1. The molecule has 108 valence electrons. The van der Waals surface area contributed by atoms with Crippen LogP contribution in [0.3, 0.4) is 0 Å². The fourth-order valence-corrected chi connectivity index (χ4v) is 3.52. The first kappa shape index (κ1) is 13.4. The molecule has 2 heterocycles. The van der Waals surface area contributed by atoms with E-state index in [1.807, 2.05) is 4.90 Å². The van der Waals surface area contributed by atoms with E-state index in [1.54, 1.807) is 6.07 Å². The minimum Gasteiger partial charge on any atom is -0.330 e. The van der Waals surface area contributed by atoms with Gasteiger partial charge in [-0.15, -0.1) is 0 Å². The number of pyridine rings is 1. The van der Waals surface area contributed by atoms with E-state index in [-0.39, 0.29) is 17.0 Å². The molecule has 2 fully saturated rings. The Hall–Kier alpha value is -1.62. The van der Waals surface area contributed by atoms with E-state index in [4.69, 9.17) is 0 Å². The Morgan fingerprint density at radius 1 is 1.20 bits per heavy atom. The largest absolute Gasteiger partial charge is 0.330 e. The van der Waals surface area contributed by atoms with E-state index >= 15 is 0 Å². The van der Waals surface area contributed by atoms with Gasteiger partial charge in [0.2, 0.25) is 5.56 Å². The molecule has 1 spiro atoms. The molecule has 1 aliphatic heterocycles. The molecule has 5 heteroatoms. The summed E-state index contributed by atoms with van der Waals surface area (Å²) < 4.78 is 0. The predicted octanol–water partition coefficient (Wildman–Crippen LogP) is 1.12. The van der Waals surface area contributed by atoms with Crippen molar-refractivity contribution in [2.24, 2.45) is 0 Å². The number of piperazine rings is 1. The second-order valence-electron chi connectivity index (χ2n) is 5.86. The van der Waals surface area contributed by atoms with Crippen LogP contribution in [0.5, 0.6) is 0 Å². The molecular formula is C15H21N3O2. The molecule has 1 saturated carbocycles. The minimum atomic E-state index is -0.172. The highest BCUT2D eigenvalue weighted by atomic mass is 16.2. The molecule has 5 nitrogen and oxygen atoms in total. The molecule has 1 saturated heterocycles. The van der Waals surface area contributed by atoms with Gasteiger partial charge >= 0.3 is 0 Å². The highest BCUT2D eigenvalue weighted by Crippen LogP contribution is 2.35. The summed E-state index contributed by atoms with van der Waals surface area (Å²) in [6.07, 6.45) is 7.34. The van der Waals surface area contributed by atoms with Crippen molar-refractivity contribution < 1.29 is 4.79 Å². The molecule has 3 rings (SSSR count). The first-order valence-corrected chi connectivity index (χ1v) is 7.43. The number of rotatable bonds is 1. The zero-order valence-electron chi connectivity index (χ0n) is 11.7. The van der Waals surface area contributed by atoms with Crippen molar-refractivity contribution in [1.29, 1.82) is 0 Å². The summed E-state index contributed by atoms with van der Waals surface area (Å²) in [5.41, 5.74) is 0.384. The molecule has 0 unspecified atom stereocenters. The number of amides is 1. The lowest BCUT2D eigenvalue weighted by Crippen LogP contribution is -2.63. The average molecular weight is 275 g/mol. The van der Waals surface area contributed by atoms with E-state index in [0.717, 1.165) is 32.5 Å². The second-order valence-corrected chi connectivity index (χ2v) is 5.86. The monoisotopic (exact) mass is 275 g/mol. The highest BCUT2D eigenvalue weighted by Gasteiger charge is 2.42. The van der Waals surface area contributed by atoms with Gasteiger partial charge in [0.25, 0.3) is 5.91 Å². The summed E-state index contributed by atoms with van der Waals surface area (Å²) in [5.74, 6) is 0.0460. The number of carbonyl (C=O) groups is 1. The molecule has 0 aromatic carbocycles. The van der Waals surface area contributed by atoms with Crippen LogP contribution in [0.1, 0.15) is 42.5 Å². The van der Waals surface area contributed by atoms with Crippen LogP contribution in [-0.4, -0.2) is 41.0 Å².